The standard InChI is InChI=1S/C25H24N4O3S/c1-3-25(2)14-19-20(16-32-25)33-23-22(19)24(31)28(27-26-23)15-21(30)29(17-10-6-4-7-11-17)18-12-8-5-9-13-18/h4-13H,3,14-16H2,1-2H3/t25-/m0/s1. The molecule has 8 heteroatoms. The third-order valence-electron chi connectivity index (χ3n) is 6.18. The SMILES string of the molecule is CC[C@@]1(C)Cc2c(sc3nnn(CC(=O)N(c4ccccc4)c4ccccc4)c(=O)c23)CO1. The lowest BCUT2D eigenvalue weighted by Gasteiger charge is -2.32. The lowest BCUT2D eigenvalue weighted by atomic mass is 9.90. The van der Waals surface area contributed by atoms with Crippen molar-refractivity contribution in [3.8, 4) is 0 Å². The van der Waals surface area contributed by atoms with Gasteiger partial charge in [-0.2, -0.15) is 0 Å². The number of aromatic nitrogens is 3. The van der Waals surface area contributed by atoms with Gasteiger partial charge in [-0.05, 0) is 43.2 Å². The van der Waals surface area contributed by atoms with Crippen LogP contribution < -0.4 is 10.5 Å². The number of hydrogen-bond donors (Lipinski definition) is 0. The van der Waals surface area contributed by atoms with Crippen molar-refractivity contribution >= 4 is 38.8 Å². The molecule has 1 amide bonds. The van der Waals surface area contributed by atoms with Crippen molar-refractivity contribution in [3.63, 3.8) is 0 Å². The van der Waals surface area contributed by atoms with Crippen LogP contribution in [0.4, 0.5) is 11.4 Å². The highest BCUT2D eigenvalue weighted by Crippen LogP contribution is 2.38. The van der Waals surface area contributed by atoms with E-state index in [4.69, 9.17) is 4.74 Å². The summed E-state index contributed by atoms with van der Waals surface area (Å²) in [5.41, 5.74) is 1.83. The van der Waals surface area contributed by atoms with E-state index in [1.807, 2.05) is 60.7 Å². The Bertz CT molecular complexity index is 1330. The van der Waals surface area contributed by atoms with Gasteiger partial charge in [-0.15, -0.1) is 16.4 Å². The van der Waals surface area contributed by atoms with Crippen molar-refractivity contribution in [3.05, 3.63) is 81.5 Å². The van der Waals surface area contributed by atoms with Crippen LogP contribution in [0.5, 0.6) is 0 Å². The zero-order valence-corrected chi connectivity index (χ0v) is 19.3. The fourth-order valence-electron chi connectivity index (χ4n) is 4.14. The zero-order valence-electron chi connectivity index (χ0n) is 18.5. The van der Waals surface area contributed by atoms with E-state index < -0.39 is 0 Å². The quantitative estimate of drug-likeness (QED) is 0.439. The maximum atomic E-state index is 13.5. The highest BCUT2D eigenvalue weighted by atomic mass is 32.1. The molecule has 3 heterocycles. The molecule has 1 aliphatic heterocycles. The van der Waals surface area contributed by atoms with E-state index in [9.17, 15) is 9.59 Å². The first-order valence-corrected chi connectivity index (χ1v) is 11.8. The van der Waals surface area contributed by atoms with Crippen LogP contribution in [0.1, 0.15) is 30.7 Å². The van der Waals surface area contributed by atoms with Crippen molar-refractivity contribution in [2.45, 2.75) is 45.4 Å². The summed E-state index contributed by atoms with van der Waals surface area (Å²) < 4.78 is 7.20. The molecule has 7 nitrogen and oxygen atoms in total. The van der Waals surface area contributed by atoms with Crippen molar-refractivity contribution in [2.24, 2.45) is 0 Å². The maximum Gasteiger partial charge on any atom is 0.279 e. The average Bonchev–Trinajstić information content (AvgIpc) is 3.20. The Morgan fingerprint density at radius 3 is 2.36 bits per heavy atom. The van der Waals surface area contributed by atoms with Gasteiger partial charge in [0.15, 0.2) is 4.83 Å². The Balaban J connectivity index is 1.53. The van der Waals surface area contributed by atoms with Crippen molar-refractivity contribution in [1.29, 1.82) is 0 Å². The van der Waals surface area contributed by atoms with E-state index in [1.165, 1.54) is 16.0 Å². The van der Waals surface area contributed by atoms with Crippen molar-refractivity contribution < 1.29 is 9.53 Å². The smallest absolute Gasteiger partial charge is 0.279 e. The Morgan fingerprint density at radius 2 is 1.76 bits per heavy atom. The molecular formula is C25H24N4O3S. The molecule has 0 saturated heterocycles. The zero-order chi connectivity index (χ0) is 23.0. The summed E-state index contributed by atoms with van der Waals surface area (Å²) >= 11 is 1.45. The number of benzene rings is 2. The van der Waals surface area contributed by atoms with Crippen LogP contribution in [0.15, 0.2) is 65.5 Å². The fraction of sp³-hybridized carbons (Fsp3) is 0.280. The minimum absolute atomic E-state index is 0.211. The van der Waals surface area contributed by atoms with E-state index in [-0.39, 0.29) is 23.6 Å². The van der Waals surface area contributed by atoms with Gasteiger partial charge in [0.2, 0.25) is 0 Å². The highest BCUT2D eigenvalue weighted by Gasteiger charge is 2.33. The second-order valence-corrected chi connectivity index (χ2v) is 9.49. The maximum absolute atomic E-state index is 13.5. The molecule has 2 aromatic carbocycles. The third kappa shape index (κ3) is 3.96. The first kappa shape index (κ1) is 21.5. The van der Waals surface area contributed by atoms with E-state index >= 15 is 0 Å². The largest absolute Gasteiger partial charge is 0.369 e. The van der Waals surface area contributed by atoms with Crippen molar-refractivity contribution in [2.75, 3.05) is 4.90 Å². The van der Waals surface area contributed by atoms with Gasteiger partial charge >= 0.3 is 0 Å². The number of anilines is 2. The Labute approximate surface area is 195 Å². The van der Waals surface area contributed by atoms with E-state index in [2.05, 4.69) is 24.2 Å². The molecule has 2 aromatic heterocycles. The molecule has 0 N–H and O–H groups in total. The number of carbonyl (C=O) groups is 1. The van der Waals surface area contributed by atoms with Crippen LogP contribution in [0, 0.1) is 0 Å². The normalized spacial score (nSPS) is 17.6. The van der Waals surface area contributed by atoms with Gasteiger partial charge in [0.1, 0.15) is 6.54 Å². The second kappa shape index (κ2) is 8.53. The van der Waals surface area contributed by atoms with Gasteiger partial charge in [-0.25, -0.2) is 4.68 Å². The summed E-state index contributed by atoms with van der Waals surface area (Å²) in [4.78, 5) is 30.1. The number of fused-ring (bicyclic) bond motifs is 3. The Morgan fingerprint density at radius 1 is 1.12 bits per heavy atom. The molecule has 1 aliphatic rings. The van der Waals surface area contributed by atoms with Crippen LogP contribution in [0.25, 0.3) is 10.2 Å². The molecule has 5 rings (SSSR count). The van der Waals surface area contributed by atoms with Gasteiger partial charge in [0, 0.05) is 22.7 Å². The molecule has 0 fully saturated rings. The van der Waals surface area contributed by atoms with Gasteiger partial charge in [-0.3, -0.25) is 14.5 Å². The van der Waals surface area contributed by atoms with Gasteiger partial charge in [0.25, 0.3) is 11.5 Å². The summed E-state index contributed by atoms with van der Waals surface area (Å²) in [7, 11) is 0. The van der Waals surface area contributed by atoms with E-state index in [0.29, 0.717) is 23.2 Å². The number of hydrogen-bond acceptors (Lipinski definition) is 6. The van der Waals surface area contributed by atoms with Gasteiger partial charge in [-0.1, -0.05) is 48.5 Å². The highest BCUT2D eigenvalue weighted by molar-refractivity contribution is 7.18. The first-order chi connectivity index (χ1) is 16.0. The summed E-state index contributed by atoms with van der Waals surface area (Å²) in [5, 5.41) is 8.94. The Hall–Kier alpha value is -3.36. The van der Waals surface area contributed by atoms with Gasteiger partial charge in [0.05, 0.1) is 17.6 Å². The topological polar surface area (TPSA) is 77.3 Å². The second-order valence-electron chi connectivity index (χ2n) is 8.41. The number of ether oxygens (including phenoxy) is 1. The van der Waals surface area contributed by atoms with Crippen molar-refractivity contribution in [1.82, 2.24) is 15.0 Å². The summed E-state index contributed by atoms with van der Waals surface area (Å²) in [6, 6.07) is 18.8. The lowest BCUT2D eigenvalue weighted by molar-refractivity contribution is -0.118. The number of thiophene rings is 1. The van der Waals surface area contributed by atoms with Crippen LogP contribution in [0.3, 0.4) is 0 Å². The third-order valence-corrected chi connectivity index (χ3v) is 7.27. The van der Waals surface area contributed by atoms with E-state index in [1.54, 1.807) is 4.90 Å². The van der Waals surface area contributed by atoms with Crippen LogP contribution in [0.2, 0.25) is 0 Å². The number of carbonyl (C=O) groups excluding carboxylic acids is 1. The molecule has 0 unspecified atom stereocenters. The molecule has 0 aliphatic carbocycles. The predicted molar refractivity (Wildman–Crippen MR) is 129 cm³/mol. The number of para-hydroxylation sites is 2. The van der Waals surface area contributed by atoms with Crippen LogP contribution >= 0.6 is 11.3 Å². The first-order valence-electron chi connectivity index (χ1n) is 10.9. The molecule has 33 heavy (non-hydrogen) atoms. The average molecular weight is 461 g/mol. The molecule has 0 spiro atoms. The molecular weight excluding hydrogens is 436 g/mol. The van der Waals surface area contributed by atoms with Crippen LogP contribution in [-0.4, -0.2) is 26.5 Å². The molecule has 168 valence electrons. The number of nitrogens with zero attached hydrogens (tertiary/aromatic N) is 4. The monoisotopic (exact) mass is 460 g/mol. The molecule has 0 bridgehead atoms. The summed E-state index contributed by atoms with van der Waals surface area (Å²) in [6.07, 6.45) is 1.49. The number of amides is 1. The molecule has 1 atom stereocenters. The molecule has 0 radical (unpaired) electrons. The molecule has 0 saturated carbocycles. The number of rotatable bonds is 5. The van der Waals surface area contributed by atoms with Gasteiger partial charge < -0.3 is 4.74 Å². The fourth-order valence-corrected chi connectivity index (χ4v) is 5.18. The minimum atomic E-state index is -0.311. The lowest BCUT2D eigenvalue weighted by Crippen LogP contribution is -2.36. The van der Waals surface area contributed by atoms with Crippen LogP contribution in [-0.2, 0) is 29.1 Å². The Kier molecular flexibility index (Phi) is 5.55. The predicted octanol–water partition coefficient (Wildman–Crippen LogP) is 4.46. The van der Waals surface area contributed by atoms with E-state index in [0.717, 1.165) is 28.2 Å². The summed E-state index contributed by atoms with van der Waals surface area (Å²) in [6.45, 7) is 4.40. The summed E-state index contributed by atoms with van der Waals surface area (Å²) in [5.74, 6) is -0.269. The minimum Gasteiger partial charge on any atom is -0.369 e. The molecule has 4 aromatic rings.